The van der Waals surface area contributed by atoms with Crippen LogP contribution in [-0.2, 0) is 17.8 Å². The number of rotatable bonds is 4. The van der Waals surface area contributed by atoms with E-state index in [2.05, 4.69) is 10.3 Å². The standard InChI is InChI=1S/C20H30N4O/c25-19(9-8-15-5-1-2-6-15)24-12-10-17-16(14-24)13-22-20(23-17)18-7-3-4-11-21-18/h13,15,18,21H,1-12,14H2. The van der Waals surface area contributed by atoms with Crippen molar-refractivity contribution >= 4 is 5.91 Å². The highest BCUT2D eigenvalue weighted by atomic mass is 16.2. The fourth-order valence-corrected chi connectivity index (χ4v) is 4.57. The third-order valence-corrected chi connectivity index (χ3v) is 6.17. The van der Waals surface area contributed by atoms with Crippen LogP contribution in [0.4, 0.5) is 0 Å². The molecule has 0 radical (unpaired) electrons. The molecule has 1 atom stereocenters. The second-order valence-electron chi connectivity index (χ2n) is 7.96. The van der Waals surface area contributed by atoms with Crippen LogP contribution in [0.25, 0.3) is 0 Å². The first-order valence-electron chi connectivity index (χ1n) is 10.2. The first-order chi connectivity index (χ1) is 12.3. The summed E-state index contributed by atoms with van der Waals surface area (Å²) in [5.41, 5.74) is 2.29. The molecule has 136 valence electrons. The lowest BCUT2D eigenvalue weighted by molar-refractivity contribution is -0.132. The SMILES string of the molecule is O=C(CCC1CCCC1)N1CCc2nc(C3CCCCN3)ncc2C1. The Morgan fingerprint density at radius 2 is 2.04 bits per heavy atom. The second kappa shape index (κ2) is 7.81. The smallest absolute Gasteiger partial charge is 0.222 e. The molecule has 4 rings (SSSR count). The largest absolute Gasteiger partial charge is 0.338 e. The number of hydrogen-bond acceptors (Lipinski definition) is 4. The van der Waals surface area contributed by atoms with Crippen LogP contribution in [-0.4, -0.2) is 33.9 Å². The Hall–Kier alpha value is -1.49. The summed E-state index contributed by atoms with van der Waals surface area (Å²) in [4.78, 5) is 24.0. The van der Waals surface area contributed by atoms with Crippen molar-refractivity contribution in [2.75, 3.05) is 13.1 Å². The summed E-state index contributed by atoms with van der Waals surface area (Å²) in [5.74, 6) is 2.05. The number of aromatic nitrogens is 2. The molecule has 1 aliphatic carbocycles. The van der Waals surface area contributed by atoms with E-state index in [1.54, 1.807) is 0 Å². The minimum atomic E-state index is 0.310. The summed E-state index contributed by atoms with van der Waals surface area (Å²) in [6, 6.07) is 0.310. The van der Waals surface area contributed by atoms with Gasteiger partial charge in [0.25, 0.3) is 0 Å². The summed E-state index contributed by atoms with van der Waals surface area (Å²) < 4.78 is 0. The Morgan fingerprint density at radius 3 is 2.84 bits per heavy atom. The van der Waals surface area contributed by atoms with Gasteiger partial charge >= 0.3 is 0 Å². The molecule has 2 fully saturated rings. The summed E-state index contributed by atoms with van der Waals surface area (Å²) >= 11 is 0. The van der Waals surface area contributed by atoms with Crippen molar-refractivity contribution in [3.05, 3.63) is 23.3 Å². The minimum Gasteiger partial charge on any atom is -0.338 e. The molecule has 0 bridgehead atoms. The average Bonchev–Trinajstić information content (AvgIpc) is 3.19. The Labute approximate surface area is 150 Å². The van der Waals surface area contributed by atoms with E-state index in [-0.39, 0.29) is 0 Å². The number of carbonyl (C=O) groups is 1. The van der Waals surface area contributed by atoms with Crippen LogP contribution in [0.1, 0.15) is 80.9 Å². The number of fused-ring (bicyclic) bond motifs is 1. The quantitative estimate of drug-likeness (QED) is 0.913. The predicted octanol–water partition coefficient (Wildman–Crippen LogP) is 3.15. The maximum absolute atomic E-state index is 12.6. The van der Waals surface area contributed by atoms with Crippen LogP contribution in [0, 0.1) is 5.92 Å². The zero-order valence-electron chi connectivity index (χ0n) is 15.2. The number of amides is 1. The van der Waals surface area contributed by atoms with Gasteiger partial charge in [-0.1, -0.05) is 32.1 Å². The highest BCUT2D eigenvalue weighted by Crippen LogP contribution is 2.29. The van der Waals surface area contributed by atoms with E-state index in [0.717, 1.165) is 55.4 Å². The first kappa shape index (κ1) is 17.0. The molecule has 1 N–H and O–H groups in total. The molecule has 1 unspecified atom stereocenters. The highest BCUT2D eigenvalue weighted by molar-refractivity contribution is 5.76. The molecule has 1 saturated carbocycles. The van der Waals surface area contributed by atoms with Gasteiger partial charge in [0, 0.05) is 37.7 Å². The van der Waals surface area contributed by atoms with Gasteiger partial charge in [0.15, 0.2) is 0 Å². The summed E-state index contributed by atoms with van der Waals surface area (Å²) in [6.45, 7) is 2.57. The molecular weight excluding hydrogens is 312 g/mol. The van der Waals surface area contributed by atoms with Crippen molar-refractivity contribution in [2.24, 2.45) is 5.92 Å². The second-order valence-corrected chi connectivity index (χ2v) is 7.96. The Balaban J connectivity index is 1.35. The molecule has 1 amide bonds. The summed E-state index contributed by atoms with van der Waals surface area (Å²) in [7, 11) is 0. The van der Waals surface area contributed by atoms with Crippen molar-refractivity contribution in [1.29, 1.82) is 0 Å². The van der Waals surface area contributed by atoms with Gasteiger partial charge in [0.2, 0.25) is 5.91 Å². The van der Waals surface area contributed by atoms with Crippen molar-refractivity contribution in [1.82, 2.24) is 20.2 Å². The van der Waals surface area contributed by atoms with E-state index in [1.165, 1.54) is 38.5 Å². The Kier molecular flexibility index (Phi) is 5.30. The van der Waals surface area contributed by atoms with Crippen LogP contribution < -0.4 is 5.32 Å². The van der Waals surface area contributed by atoms with Crippen molar-refractivity contribution in [2.45, 2.75) is 76.8 Å². The van der Waals surface area contributed by atoms with Crippen LogP contribution in [0.3, 0.4) is 0 Å². The minimum absolute atomic E-state index is 0.310. The molecule has 5 heteroatoms. The van der Waals surface area contributed by atoms with Gasteiger partial charge < -0.3 is 10.2 Å². The third kappa shape index (κ3) is 4.02. The van der Waals surface area contributed by atoms with E-state index in [1.807, 2.05) is 11.1 Å². The van der Waals surface area contributed by atoms with Crippen LogP contribution in [0.2, 0.25) is 0 Å². The van der Waals surface area contributed by atoms with Crippen LogP contribution in [0.15, 0.2) is 6.20 Å². The van der Waals surface area contributed by atoms with E-state index in [4.69, 9.17) is 4.98 Å². The topological polar surface area (TPSA) is 58.1 Å². The van der Waals surface area contributed by atoms with Gasteiger partial charge in [-0.25, -0.2) is 9.97 Å². The zero-order valence-corrected chi connectivity index (χ0v) is 15.2. The molecule has 1 aromatic heterocycles. The molecule has 0 spiro atoms. The van der Waals surface area contributed by atoms with Gasteiger partial charge in [0.05, 0.1) is 11.7 Å². The molecule has 2 aliphatic heterocycles. The normalized spacial score (nSPS) is 24.3. The van der Waals surface area contributed by atoms with Gasteiger partial charge in [-0.05, 0) is 31.7 Å². The van der Waals surface area contributed by atoms with E-state index < -0.39 is 0 Å². The van der Waals surface area contributed by atoms with Gasteiger partial charge in [-0.3, -0.25) is 4.79 Å². The maximum Gasteiger partial charge on any atom is 0.222 e. The van der Waals surface area contributed by atoms with Crippen LogP contribution in [0.5, 0.6) is 0 Å². The molecule has 5 nitrogen and oxygen atoms in total. The number of piperidine rings is 1. The van der Waals surface area contributed by atoms with Crippen LogP contribution >= 0.6 is 0 Å². The van der Waals surface area contributed by atoms with Crippen molar-refractivity contribution in [3.8, 4) is 0 Å². The first-order valence-corrected chi connectivity index (χ1v) is 10.2. The number of hydrogen-bond donors (Lipinski definition) is 1. The monoisotopic (exact) mass is 342 g/mol. The molecule has 1 aromatic rings. The van der Waals surface area contributed by atoms with Crippen molar-refractivity contribution in [3.63, 3.8) is 0 Å². The zero-order chi connectivity index (χ0) is 17.1. The van der Waals surface area contributed by atoms with Crippen molar-refractivity contribution < 1.29 is 4.79 Å². The van der Waals surface area contributed by atoms with E-state index in [9.17, 15) is 4.79 Å². The molecule has 1 saturated heterocycles. The predicted molar refractivity (Wildman–Crippen MR) is 96.9 cm³/mol. The Bertz CT molecular complexity index is 606. The van der Waals surface area contributed by atoms with Gasteiger partial charge in [0.1, 0.15) is 5.82 Å². The molecule has 3 heterocycles. The van der Waals surface area contributed by atoms with Gasteiger partial charge in [-0.15, -0.1) is 0 Å². The van der Waals surface area contributed by atoms with E-state index >= 15 is 0 Å². The lowest BCUT2D eigenvalue weighted by Crippen LogP contribution is -2.37. The van der Waals surface area contributed by atoms with E-state index in [0.29, 0.717) is 24.9 Å². The lowest BCUT2D eigenvalue weighted by Gasteiger charge is -2.29. The number of carbonyl (C=O) groups excluding carboxylic acids is 1. The van der Waals surface area contributed by atoms with Gasteiger partial charge in [-0.2, -0.15) is 0 Å². The fraction of sp³-hybridized carbons (Fsp3) is 0.750. The summed E-state index contributed by atoms with van der Waals surface area (Å²) in [5, 5.41) is 3.52. The fourth-order valence-electron chi connectivity index (χ4n) is 4.57. The molecular formula is C20H30N4O. The maximum atomic E-state index is 12.6. The average molecular weight is 342 g/mol. The highest BCUT2D eigenvalue weighted by Gasteiger charge is 2.25. The lowest BCUT2D eigenvalue weighted by atomic mass is 10.00. The number of nitrogens with one attached hydrogen (secondary N) is 1. The molecule has 3 aliphatic rings. The number of nitrogens with zero attached hydrogens (tertiary/aromatic N) is 3. The Morgan fingerprint density at radius 1 is 1.20 bits per heavy atom. The molecule has 0 aromatic carbocycles. The third-order valence-electron chi connectivity index (χ3n) is 6.17. The summed E-state index contributed by atoms with van der Waals surface area (Å²) in [6.07, 6.45) is 13.6. The molecule has 25 heavy (non-hydrogen) atoms.